The highest BCUT2D eigenvalue weighted by molar-refractivity contribution is 6.00. The lowest BCUT2D eigenvalue weighted by atomic mass is 9.81. The Morgan fingerprint density at radius 1 is 1.08 bits per heavy atom. The molecule has 0 saturated carbocycles. The van der Waals surface area contributed by atoms with Crippen molar-refractivity contribution in [1.82, 2.24) is 0 Å². The highest BCUT2D eigenvalue weighted by atomic mass is 16.5. The normalized spacial score (nSPS) is 10.8. The molecule has 0 bridgehead atoms. The summed E-state index contributed by atoms with van der Waals surface area (Å²) in [6.07, 6.45) is 8.68. The fraction of sp³-hybridized carbons (Fsp3) is 0.368. The summed E-state index contributed by atoms with van der Waals surface area (Å²) in [5, 5.41) is 0. The van der Waals surface area contributed by atoms with Gasteiger partial charge in [-0.2, -0.15) is 0 Å². The van der Waals surface area contributed by atoms with Gasteiger partial charge in [0.1, 0.15) is 0 Å². The molecule has 6 heteroatoms. The monoisotopic (exact) mass is 346 g/mol. The molecule has 0 fully saturated rings. The fourth-order valence-corrected chi connectivity index (χ4v) is 2.38. The molecule has 1 aromatic carbocycles. The number of rotatable bonds is 8. The number of carbonyl (C=O) groups is 2. The van der Waals surface area contributed by atoms with Crippen molar-refractivity contribution in [3.8, 4) is 23.8 Å². The summed E-state index contributed by atoms with van der Waals surface area (Å²) in [5.41, 5.74) is -0.757. The highest BCUT2D eigenvalue weighted by Crippen LogP contribution is 2.32. The van der Waals surface area contributed by atoms with Crippen molar-refractivity contribution in [3.05, 3.63) is 29.8 Å². The van der Waals surface area contributed by atoms with E-state index in [9.17, 15) is 9.59 Å². The third-order valence-electron chi connectivity index (χ3n) is 3.74. The summed E-state index contributed by atoms with van der Waals surface area (Å²) in [6.45, 7) is 0. The van der Waals surface area contributed by atoms with Crippen LogP contribution in [0.5, 0.6) is 11.5 Å². The van der Waals surface area contributed by atoms with Gasteiger partial charge in [-0.1, -0.05) is 18.2 Å². The Bertz CT molecular complexity index is 668. The summed E-state index contributed by atoms with van der Waals surface area (Å²) >= 11 is 0. The molecule has 0 amide bonds. The van der Waals surface area contributed by atoms with Crippen molar-refractivity contribution in [1.29, 1.82) is 0 Å². The first-order chi connectivity index (χ1) is 12.0. The minimum absolute atomic E-state index is 0.0465. The van der Waals surface area contributed by atoms with Crippen LogP contribution in [0.15, 0.2) is 24.3 Å². The van der Waals surface area contributed by atoms with Crippen molar-refractivity contribution in [2.24, 2.45) is 5.41 Å². The average molecular weight is 346 g/mol. The molecule has 0 unspecified atom stereocenters. The molecule has 0 heterocycles. The van der Waals surface area contributed by atoms with Crippen LogP contribution in [0.2, 0.25) is 0 Å². The van der Waals surface area contributed by atoms with Crippen LogP contribution in [0.3, 0.4) is 0 Å². The van der Waals surface area contributed by atoms with Gasteiger partial charge in [0.05, 0.1) is 28.4 Å². The van der Waals surface area contributed by atoms with E-state index in [2.05, 4.69) is 5.92 Å². The van der Waals surface area contributed by atoms with Crippen molar-refractivity contribution in [2.75, 3.05) is 28.4 Å². The Kier molecular flexibility index (Phi) is 7.54. The molecule has 0 spiro atoms. The van der Waals surface area contributed by atoms with Gasteiger partial charge in [0.15, 0.2) is 16.9 Å². The van der Waals surface area contributed by atoms with Crippen LogP contribution >= 0.6 is 0 Å². The molecule has 0 aliphatic carbocycles. The van der Waals surface area contributed by atoms with Gasteiger partial charge in [-0.25, -0.2) is 0 Å². The van der Waals surface area contributed by atoms with Crippen LogP contribution in [0.4, 0.5) is 0 Å². The highest BCUT2D eigenvalue weighted by Gasteiger charge is 2.46. The maximum Gasteiger partial charge on any atom is 0.324 e. The van der Waals surface area contributed by atoms with E-state index in [1.165, 1.54) is 21.3 Å². The van der Waals surface area contributed by atoms with E-state index in [0.717, 1.165) is 5.56 Å². The number of esters is 2. The van der Waals surface area contributed by atoms with Crippen molar-refractivity contribution in [3.63, 3.8) is 0 Å². The molecule has 0 saturated heterocycles. The lowest BCUT2D eigenvalue weighted by Crippen LogP contribution is -2.40. The minimum atomic E-state index is -1.56. The van der Waals surface area contributed by atoms with E-state index in [4.69, 9.17) is 25.4 Å². The predicted octanol–water partition coefficient (Wildman–Crippen LogP) is 2.46. The first-order valence-corrected chi connectivity index (χ1v) is 7.48. The fourth-order valence-electron chi connectivity index (χ4n) is 2.38. The summed E-state index contributed by atoms with van der Waals surface area (Å²) in [6, 6.07) is 5.35. The van der Waals surface area contributed by atoms with Gasteiger partial charge >= 0.3 is 11.9 Å². The molecule has 1 rings (SSSR count). The zero-order valence-corrected chi connectivity index (χ0v) is 14.8. The van der Waals surface area contributed by atoms with E-state index in [-0.39, 0.29) is 12.8 Å². The Balaban J connectivity index is 3.10. The Labute approximate surface area is 147 Å². The second-order valence-electron chi connectivity index (χ2n) is 5.17. The number of hydrogen-bond acceptors (Lipinski definition) is 6. The van der Waals surface area contributed by atoms with Crippen molar-refractivity contribution in [2.45, 2.75) is 12.8 Å². The van der Waals surface area contributed by atoms with Gasteiger partial charge in [-0.05, 0) is 24.1 Å². The molecule has 0 atom stereocenters. The minimum Gasteiger partial charge on any atom is -0.493 e. The molecular weight excluding hydrogens is 324 g/mol. The maximum absolute atomic E-state index is 12.2. The van der Waals surface area contributed by atoms with Crippen molar-refractivity contribution < 1.29 is 28.5 Å². The number of carbonyl (C=O) groups excluding carboxylic acids is 2. The largest absolute Gasteiger partial charge is 0.493 e. The van der Waals surface area contributed by atoms with E-state index in [1.807, 2.05) is 6.07 Å². The van der Waals surface area contributed by atoms with Gasteiger partial charge in [-0.3, -0.25) is 9.59 Å². The lowest BCUT2D eigenvalue weighted by molar-refractivity contribution is -0.168. The zero-order chi connectivity index (χ0) is 18.9. The number of methoxy groups -OCH3 is 4. The molecule has 1 aromatic rings. The summed E-state index contributed by atoms with van der Waals surface area (Å²) in [4.78, 5) is 24.3. The van der Waals surface area contributed by atoms with E-state index in [0.29, 0.717) is 11.5 Å². The first kappa shape index (κ1) is 20.1. The SMILES string of the molecule is C#CCC(C/C=C/c1ccc(OC)c(OC)c1)(C(=O)OC)C(=O)OC. The third kappa shape index (κ3) is 4.54. The van der Waals surface area contributed by atoms with E-state index in [1.54, 1.807) is 31.4 Å². The Morgan fingerprint density at radius 2 is 1.68 bits per heavy atom. The molecule has 6 nitrogen and oxygen atoms in total. The average Bonchev–Trinajstić information content (AvgIpc) is 2.65. The maximum atomic E-state index is 12.2. The van der Waals surface area contributed by atoms with Crippen LogP contribution in [-0.2, 0) is 19.1 Å². The molecule has 25 heavy (non-hydrogen) atoms. The summed E-state index contributed by atoms with van der Waals surface area (Å²) in [5.74, 6) is 2.07. The van der Waals surface area contributed by atoms with Gasteiger partial charge in [0.25, 0.3) is 0 Å². The van der Waals surface area contributed by atoms with E-state index >= 15 is 0 Å². The summed E-state index contributed by atoms with van der Waals surface area (Å²) in [7, 11) is 5.50. The van der Waals surface area contributed by atoms with Crippen molar-refractivity contribution >= 4 is 18.0 Å². The predicted molar refractivity (Wildman–Crippen MR) is 93.1 cm³/mol. The van der Waals surface area contributed by atoms with E-state index < -0.39 is 17.4 Å². The molecule has 0 N–H and O–H groups in total. The molecule has 0 aromatic heterocycles. The molecule has 0 aliphatic rings. The van der Waals surface area contributed by atoms with Crippen LogP contribution < -0.4 is 9.47 Å². The number of benzene rings is 1. The lowest BCUT2D eigenvalue weighted by Gasteiger charge is -2.24. The second-order valence-corrected chi connectivity index (χ2v) is 5.17. The zero-order valence-electron chi connectivity index (χ0n) is 14.8. The van der Waals surface area contributed by atoms with Crippen LogP contribution in [-0.4, -0.2) is 40.4 Å². The van der Waals surface area contributed by atoms with Crippen LogP contribution in [0, 0.1) is 17.8 Å². The Hall–Kier alpha value is -2.94. The quantitative estimate of drug-likeness (QED) is 0.409. The number of hydrogen-bond donors (Lipinski definition) is 0. The second kappa shape index (κ2) is 9.38. The standard InChI is InChI=1S/C19H22O6/c1-6-11-19(17(20)24-4,18(21)25-5)12-7-8-14-9-10-15(22-2)16(13-14)23-3/h1,7-10,13H,11-12H2,2-5H3/b8-7+. The van der Waals surface area contributed by atoms with Gasteiger partial charge in [-0.15, -0.1) is 12.3 Å². The number of allylic oxidation sites excluding steroid dienone is 1. The molecular formula is C19H22O6. The van der Waals surface area contributed by atoms with Crippen LogP contribution in [0.25, 0.3) is 6.08 Å². The number of ether oxygens (including phenoxy) is 4. The van der Waals surface area contributed by atoms with Crippen LogP contribution in [0.1, 0.15) is 18.4 Å². The van der Waals surface area contributed by atoms with Gasteiger partial charge in [0.2, 0.25) is 0 Å². The molecule has 0 aliphatic heterocycles. The van der Waals surface area contributed by atoms with Gasteiger partial charge < -0.3 is 18.9 Å². The smallest absolute Gasteiger partial charge is 0.324 e. The first-order valence-electron chi connectivity index (χ1n) is 7.48. The topological polar surface area (TPSA) is 71.1 Å². The molecule has 134 valence electrons. The molecule has 0 radical (unpaired) electrons. The van der Waals surface area contributed by atoms with Gasteiger partial charge in [0, 0.05) is 6.42 Å². The number of terminal acetylenes is 1. The Morgan fingerprint density at radius 3 is 2.16 bits per heavy atom. The summed E-state index contributed by atoms with van der Waals surface area (Å²) < 4.78 is 19.9. The third-order valence-corrected chi connectivity index (χ3v) is 3.74.